The molecule has 70 heavy (non-hydrogen) atoms. The number of fused-ring (bicyclic) bond motifs is 2. The first-order valence-electron chi connectivity index (χ1n) is 23.9. The highest BCUT2D eigenvalue weighted by atomic mass is 79.9. The maximum atomic E-state index is 13.0. The van der Waals surface area contributed by atoms with E-state index in [1.807, 2.05) is 12.1 Å². The van der Waals surface area contributed by atoms with Crippen LogP contribution in [-0.4, -0.2) is 139 Å². The quantitative estimate of drug-likeness (QED) is 0.0567. The van der Waals surface area contributed by atoms with Gasteiger partial charge in [-0.2, -0.15) is 4.98 Å². The summed E-state index contributed by atoms with van der Waals surface area (Å²) < 4.78 is 39.9. The predicted octanol–water partition coefficient (Wildman–Crippen LogP) is 6.21. The number of rotatable bonds is 18. The highest BCUT2D eigenvalue weighted by molar-refractivity contribution is 9.10. The fourth-order valence-corrected chi connectivity index (χ4v) is 10.8. The van der Waals surface area contributed by atoms with Gasteiger partial charge in [0.15, 0.2) is 0 Å². The average Bonchev–Trinajstić information content (AvgIpc) is 3.68. The fraction of sp³-hybridized carbons (Fsp3) is 0.449. The monoisotopic (exact) mass is 1040 g/mol. The summed E-state index contributed by atoms with van der Waals surface area (Å²) in [6.45, 7) is 10.4. The van der Waals surface area contributed by atoms with E-state index in [-0.39, 0.29) is 23.9 Å². The number of aryl methyl sites for hydroxylation is 1. The van der Waals surface area contributed by atoms with Crippen LogP contribution in [0.3, 0.4) is 0 Å². The Morgan fingerprint density at radius 3 is 2.44 bits per heavy atom. The third-order valence-electron chi connectivity index (χ3n) is 13.6. The lowest BCUT2D eigenvalue weighted by Crippen LogP contribution is -2.53. The van der Waals surface area contributed by atoms with Crippen molar-refractivity contribution in [2.24, 2.45) is 0 Å². The molecule has 21 heteroatoms. The third-order valence-corrected chi connectivity index (χ3v) is 14.7. The van der Waals surface area contributed by atoms with E-state index < -0.39 is 22.0 Å². The molecular formula is C49H59BrN12O7S. The van der Waals surface area contributed by atoms with Gasteiger partial charge in [0.05, 0.1) is 47.0 Å². The SMILES string of the molecule is CCc1cc(Nc2ncc(Br)c(Nc3ccc4nccnc4c3NS(C)(=O)=O)n2)c(OC)cc1N1CCC(N2CCN(CCCCCOc3ccc4c(c3)CN(C3CCC(=O)NC3=O)C4=O)CC2)CC1. The zero-order chi connectivity index (χ0) is 48.9. The van der Waals surface area contributed by atoms with E-state index in [2.05, 4.69) is 85.3 Å². The summed E-state index contributed by atoms with van der Waals surface area (Å²) in [7, 11) is -1.99. The smallest absolute Gasteiger partial charge is 0.255 e. The molecule has 0 spiro atoms. The van der Waals surface area contributed by atoms with Crippen LogP contribution in [0.2, 0.25) is 0 Å². The largest absolute Gasteiger partial charge is 0.494 e. The van der Waals surface area contributed by atoms with Crippen LogP contribution in [0.4, 0.5) is 34.5 Å². The molecule has 2 aromatic heterocycles. The third kappa shape index (κ3) is 11.2. The number of aromatic nitrogens is 4. The molecule has 6 heterocycles. The summed E-state index contributed by atoms with van der Waals surface area (Å²) in [4.78, 5) is 64.3. The van der Waals surface area contributed by atoms with Crippen LogP contribution in [0.25, 0.3) is 11.0 Å². The average molecular weight is 1040 g/mol. The van der Waals surface area contributed by atoms with Crippen molar-refractivity contribution in [1.82, 2.24) is 40.0 Å². The number of carbonyl (C=O) groups is 3. The summed E-state index contributed by atoms with van der Waals surface area (Å²) in [6, 6.07) is 13.2. The molecule has 5 aromatic rings. The van der Waals surface area contributed by atoms with E-state index in [0.717, 1.165) is 108 Å². The summed E-state index contributed by atoms with van der Waals surface area (Å²) in [5, 5.41) is 8.96. The molecule has 0 saturated carbocycles. The van der Waals surface area contributed by atoms with Crippen molar-refractivity contribution >= 4 is 89.2 Å². The Labute approximate surface area is 416 Å². The minimum atomic E-state index is -3.65. The number of piperidine rings is 2. The van der Waals surface area contributed by atoms with Crippen LogP contribution in [0.15, 0.2) is 65.5 Å². The molecule has 4 aliphatic heterocycles. The van der Waals surface area contributed by atoms with Crippen molar-refractivity contribution in [1.29, 1.82) is 0 Å². The number of ether oxygens (including phenoxy) is 2. The maximum Gasteiger partial charge on any atom is 0.255 e. The summed E-state index contributed by atoms with van der Waals surface area (Å²) in [6.07, 6.45) is 12.5. The number of methoxy groups -OCH3 is 1. The number of halogens is 1. The van der Waals surface area contributed by atoms with Crippen molar-refractivity contribution in [3.8, 4) is 11.5 Å². The van der Waals surface area contributed by atoms with Crippen molar-refractivity contribution in [3.05, 3.63) is 82.2 Å². The Balaban J connectivity index is 0.723. The highest BCUT2D eigenvalue weighted by Crippen LogP contribution is 2.39. The molecule has 9 rings (SSSR count). The second-order valence-electron chi connectivity index (χ2n) is 18.2. The summed E-state index contributed by atoms with van der Waals surface area (Å²) in [5.41, 5.74) is 6.16. The molecule has 4 aliphatic rings. The lowest BCUT2D eigenvalue weighted by atomic mass is 9.99. The Morgan fingerprint density at radius 2 is 1.69 bits per heavy atom. The van der Waals surface area contributed by atoms with Gasteiger partial charge in [-0.25, -0.2) is 13.4 Å². The molecular weight excluding hydrogens is 981 g/mol. The molecule has 0 radical (unpaired) electrons. The first kappa shape index (κ1) is 48.8. The van der Waals surface area contributed by atoms with E-state index in [4.69, 9.17) is 14.5 Å². The van der Waals surface area contributed by atoms with Gasteiger partial charge in [0.1, 0.15) is 28.9 Å². The number of unbranched alkanes of at least 4 members (excludes halogenated alkanes) is 2. The number of carbonyl (C=O) groups excluding carboxylic acids is 3. The van der Waals surface area contributed by atoms with Crippen LogP contribution in [0, 0.1) is 0 Å². The molecule has 3 amide bonds. The van der Waals surface area contributed by atoms with Crippen LogP contribution in [-0.2, 0) is 32.6 Å². The number of anilines is 6. The topological polar surface area (TPSA) is 216 Å². The molecule has 19 nitrogen and oxygen atoms in total. The zero-order valence-electron chi connectivity index (χ0n) is 39.7. The van der Waals surface area contributed by atoms with Crippen molar-refractivity contribution in [2.45, 2.75) is 76.9 Å². The molecule has 4 N–H and O–H groups in total. The minimum absolute atomic E-state index is 0.177. The van der Waals surface area contributed by atoms with Crippen LogP contribution < -0.4 is 35.0 Å². The Morgan fingerprint density at radius 1 is 0.886 bits per heavy atom. The second-order valence-corrected chi connectivity index (χ2v) is 20.8. The van der Waals surface area contributed by atoms with Crippen molar-refractivity contribution in [2.75, 3.05) is 86.0 Å². The van der Waals surface area contributed by atoms with Gasteiger partial charge in [0.2, 0.25) is 27.8 Å². The van der Waals surface area contributed by atoms with E-state index in [1.54, 1.807) is 42.6 Å². The molecule has 3 aromatic carbocycles. The van der Waals surface area contributed by atoms with Gasteiger partial charge in [-0.15, -0.1) is 0 Å². The number of hydrogen-bond donors (Lipinski definition) is 4. The Hall–Kier alpha value is -6.16. The second kappa shape index (κ2) is 21.5. The van der Waals surface area contributed by atoms with Gasteiger partial charge in [0.25, 0.3) is 5.91 Å². The number of nitrogens with one attached hydrogen (secondary N) is 4. The number of amides is 3. The molecule has 3 fully saturated rings. The minimum Gasteiger partial charge on any atom is -0.494 e. The molecule has 0 aliphatic carbocycles. The molecule has 3 saturated heterocycles. The van der Waals surface area contributed by atoms with Crippen LogP contribution in [0.1, 0.15) is 73.4 Å². The first-order chi connectivity index (χ1) is 33.8. The van der Waals surface area contributed by atoms with Crippen LogP contribution in [0.5, 0.6) is 11.5 Å². The highest BCUT2D eigenvalue weighted by Gasteiger charge is 2.39. The number of benzene rings is 3. The lowest BCUT2D eigenvalue weighted by molar-refractivity contribution is -0.136. The molecule has 1 unspecified atom stereocenters. The molecule has 370 valence electrons. The van der Waals surface area contributed by atoms with Gasteiger partial charge in [-0.1, -0.05) is 6.92 Å². The van der Waals surface area contributed by atoms with E-state index >= 15 is 0 Å². The van der Waals surface area contributed by atoms with Gasteiger partial charge in [-0.05, 0) is 115 Å². The predicted molar refractivity (Wildman–Crippen MR) is 272 cm³/mol. The van der Waals surface area contributed by atoms with Crippen LogP contribution >= 0.6 is 15.9 Å². The standard InChI is InChI=1S/C49H59BrN12O7S/c1-4-31-27-39(55-49-53-29-36(50)46(57-49)54-38-11-10-37-44(52-17-16-51-37)45(38)58-70(3,66)67)42(68-2)28-41(31)61-19-14-33(15-20-61)60-23-21-59(22-24-60)18-6-5-7-25-69-34-8-9-35-32(26-34)30-62(48(35)65)40-12-13-43(63)56-47(40)64/h8-11,16-17,26-29,33,40,58H,4-7,12-15,18-25,30H2,1-3H3,(H,56,63,64)(H2,53,54,55,57). The fourth-order valence-electron chi connectivity index (χ4n) is 9.92. The zero-order valence-corrected chi connectivity index (χ0v) is 42.1. The van der Waals surface area contributed by atoms with Crippen molar-refractivity contribution in [3.63, 3.8) is 0 Å². The van der Waals surface area contributed by atoms with Gasteiger partial charge < -0.3 is 34.8 Å². The Bertz CT molecular complexity index is 2880. The summed E-state index contributed by atoms with van der Waals surface area (Å²) in [5.74, 6) is 1.25. The molecule has 0 bridgehead atoms. The molecule has 1 atom stereocenters. The number of imide groups is 1. The first-order valence-corrected chi connectivity index (χ1v) is 26.6. The summed E-state index contributed by atoms with van der Waals surface area (Å²) >= 11 is 3.55. The number of hydrogen-bond acceptors (Lipinski definition) is 16. The number of sulfonamides is 1. The lowest BCUT2D eigenvalue weighted by Gasteiger charge is -2.43. The Kier molecular flexibility index (Phi) is 15.0. The van der Waals surface area contributed by atoms with E-state index in [9.17, 15) is 22.8 Å². The van der Waals surface area contributed by atoms with Gasteiger partial charge in [0, 0.05) is 94.2 Å². The van der Waals surface area contributed by atoms with Gasteiger partial charge in [-0.3, -0.25) is 39.3 Å². The van der Waals surface area contributed by atoms with E-state index in [1.165, 1.54) is 17.4 Å². The van der Waals surface area contributed by atoms with Gasteiger partial charge >= 0.3 is 0 Å². The normalized spacial score (nSPS) is 18.2. The van der Waals surface area contributed by atoms with E-state index in [0.29, 0.717) is 69.9 Å². The number of nitrogens with zero attached hydrogens (tertiary/aromatic N) is 8. The maximum absolute atomic E-state index is 13.0. The number of piperazine rings is 1. The van der Waals surface area contributed by atoms with Crippen molar-refractivity contribution < 1.29 is 32.3 Å².